The van der Waals surface area contributed by atoms with Gasteiger partial charge < -0.3 is 5.73 Å². The van der Waals surface area contributed by atoms with Gasteiger partial charge in [-0.25, -0.2) is 0 Å². The van der Waals surface area contributed by atoms with E-state index in [1.807, 2.05) is 0 Å². The minimum atomic E-state index is -4.32. The predicted molar refractivity (Wildman–Crippen MR) is 62.3 cm³/mol. The number of benzene rings is 2. The Labute approximate surface area is 97.6 Å². The van der Waals surface area contributed by atoms with Crippen molar-refractivity contribution in [2.75, 3.05) is 0 Å². The molecule has 1 amide bonds. The van der Waals surface area contributed by atoms with Crippen LogP contribution in [0.5, 0.6) is 0 Å². The van der Waals surface area contributed by atoms with Gasteiger partial charge in [0.1, 0.15) is 4.90 Å². The van der Waals surface area contributed by atoms with Gasteiger partial charge in [0, 0.05) is 10.9 Å². The van der Waals surface area contributed by atoms with Crippen LogP contribution in [-0.4, -0.2) is 18.9 Å². The van der Waals surface area contributed by atoms with Crippen molar-refractivity contribution in [3.05, 3.63) is 42.0 Å². The number of carbonyl (C=O) groups is 1. The van der Waals surface area contributed by atoms with Gasteiger partial charge in [-0.2, -0.15) is 8.42 Å². The van der Waals surface area contributed by atoms with Crippen LogP contribution in [0.3, 0.4) is 0 Å². The highest BCUT2D eigenvalue weighted by atomic mass is 32.2. The van der Waals surface area contributed by atoms with Gasteiger partial charge in [-0.3, -0.25) is 9.35 Å². The largest absolute Gasteiger partial charge is 0.366 e. The lowest BCUT2D eigenvalue weighted by molar-refractivity contribution is 0.100. The Bertz CT molecular complexity index is 706. The Hall–Kier alpha value is -1.92. The number of fused-ring (bicyclic) bond motifs is 1. The van der Waals surface area contributed by atoms with Crippen molar-refractivity contribution in [1.29, 1.82) is 0 Å². The lowest BCUT2D eigenvalue weighted by Gasteiger charge is -2.06. The molecule has 5 nitrogen and oxygen atoms in total. The third-order valence-corrected chi connectivity index (χ3v) is 3.34. The molecule has 0 unspecified atom stereocenters. The van der Waals surface area contributed by atoms with Gasteiger partial charge in [0.2, 0.25) is 5.91 Å². The average molecular weight is 251 g/mol. The monoisotopic (exact) mass is 251 g/mol. The standard InChI is InChI=1S/C11H9NO4S/c12-11(13)9-5-6-10(17(14,15)16)8-4-2-1-3-7(8)9/h1-6H,(H2,12,13)(H,14,15,16). The third kappa shape index (κ3) is 2.00. The van der Waals surface area contributed by atoms with E-state index in [2.05, 4.69) is 0 Å². The molecular weight excluding hydrogens is 242 g/mol. The molecule has 0 aromatic heterocycles. The predicted octanol–water partition coefficient (Wildman–Crippen LogP) is 1.19. The Morgan fingerprint density at radius 3 is 2.18 bits per heavy atom. The summed E-state index contributed by atoms with van der Waals surface area (Å²) in [5, 5.41) is 0.668. The van der Waals surface area contributed by atoms with Gasteiger partial charge in [0.05, 0.1) is 0 Å². The molecule has 3 N–H and O–H groups in total. The second-order valence-corrected chi connectivity index (χ2v) is 4.89. The maximum Gasteiger partial charge on any atom is 0.295 e. The molecule has 0 radical (unpaired) electrons. The first-order valence-electron chi connectivity index (χ1n) is 4.70. The fourth-order valence-corrected chi connectivity index (χ4v) is 2.41. The molecule has 88 valence electrons. The van der Waals surface area contributed by atoms with Gasteiger partial charge >= 0.3 is 0 Å². The van der Waals surface area contributed by atoms with E-state index in [4.69, 9.17) is 10.3 Å². The molecule has 0 aliphatic carbocycles. The molecule has 2 aromatic rings. The van der Waals surface area contributed by atoms with Crippen molar-refractivity contribution in [2.24, 2.45) is 5.73 Å². The van der Waals surface area contributed by atoms with Crippen molar-refractivity contribution in [3.63, 3.8) is 0 Å². The first-order valence-corrected chi connectivity index (χ1v) is 6.14. The number of rotatable bonds is 2. The molecule has 2 rings (SSSR count). The fraction of sp³-hybridized carbons (Fsp3) is 0. The number of hydrogen-bond donors (Lipinski definition) is 2. The Balaban J connectivity index is 2.95. The number of nitrogens with two attached hydrogens (primary N) is 1. The first kappa shape index (κ1) is 11.6. The number of primary amides is 1. The summed E-state index contributed by atoms with van der Waals surface area (Å²) >= 11 is 0. The van der Waals surface area contributed by atoms with E-state index < -0.39 is 16.0 Å². The maximum absolute atomic E-state index is 11.2. The number of carbonyl (C=O) groups excluding carboxylic acids is 1. The Morgan fingerprint density at radius 1 is 1.06 bits per heavy atom. The lowest BCUT2D eigenvalue weighted by Crippen LogP contribution is -2.12. The molecular formula is C11H9NO4S. The molecule has 0 atom stereocenters. The molecule has 17 heavy (non-hydrogen) atoms. The van der Waals surface area contributed by atoms with E-state index in [9.17, 15) is 13.2 Å². The first-order chi connectivity index (χ1) is 7.91. The van der Waals surface area contributed by atoms with E-state index in [0.29, 0.717) is 5.39 Å². The molecule has 6 heteroatoms. The minimum absolute atomic E-state index is 0.216. The molecule has 0 saturated heterocycles. The summed E-state index contributed by atoms with van der Waals surface area (Å²) in [5.41, 5.74) is 5.40. The molecule has 0 saturated carbocycles. The van der Waals surface area contributed by atoms with E-state index >= 15 is 0 Å². The Kier molecular flexibility index (Phi) is 2.60. The smallest absolute Gasteiger partial charge is 0.295 e. The van der Waals surface area contributed by atoms with Gasteiger partial charge in [-0.1, -0.05) is 24.3 Å². The van der Waals surface area contributed by atoms with E-state index in [-0.39, 0.29) is 15.8 Å². The van der Waals surface area contributed by atoms with Crippen molar-refractivity contribution in [3.8, 4) is 0 Å². The van der Waals surface area contributed by atoms with Crippen LogP contribution in [0.1, 0.15) is 10.4 Å². The maximum atomic E-state index is 11.2. The zero-order valence-corrected chi connectivity index (χ0v) is 9.44. The van der Waals surface area contributed by atoms with Crippen molar-refractivity contribution < 1.29 is 17.8 Å². The number of hydrogen-bond acceptors (Lipinski definition) is 3. The molecule has 2 aromatic carbocycles. The zero-order chi connectivity index (χ0) is 12.6. The van der Waals surface area contributed by atoms with Crippen molar-refractivity contribution >= 4 is 26.8 Å². The molecule has 0 heterocycles. The average Bonchev–Trinajstić information content (AvgIpc) is 2.26. The van der Waals surface area contributed by atoms with E-state index in [1.54, 1.807) is 18.2 Å². The highest BCUT2D eigenvalue weighted by Crippen LogP contribution is 2.25. The van der Waals surface area contributed by atoms with Crippen LogP contribution in [0.2, 0.25) is 0 Å². The summed E-state index contributed by atoms with van der Waals surface area (Å²) < 4.78 is 31.4. The quantitative estimate of drug-likeness (QED) is 0.783. The molecule has 0 aliphatic rings. The fourth-order valence-electron chi connectivity index (χ4n) is 1.71. The van der Waals surface area contributed by atoms with Crippen LogP contribution in [0.15, 0.2) is 41.3 Å². The van der Waals surface area contributed by atoms with Crippen LogP contribution in [0, 0.1) is 0 Å². The summed E-state index contributed by atoms with van der Waals surface area (Å²) in [6.07, 6.45) is 0. The van der Waals surface area contributed by atoms with E-state index in [0.717, 1.165) is 6.07 Å². The highest BCUT2D eigenvalue weighted by Gasteiger charge is 2.16. The second kappa shape index (κ2) is 3.83. The van der Waals surface area contributed by atoms with E-state index in [1.165, 1.54) is 12.1 Å². The SMILES string of the molecule is NC(=O)c1ccc(S(=O)(=O)O)c2ccccc12. The van der Waals surface area contributed by atoms with Gasteiger partial charge in [-0.15, -0.1) is 0 Å². The Morgan fingerprint density at radius 2 is 1.65 bits per heavy atom. The zero-order valence-electron chi connectivity index (χ0n) is 8.62. The van der Waals surface area contributed by atoms with Crippen LogP contribution < -0.4 is 5.73 Å². The summed E-state index contributed by atoms with van der Waals surface area (Å²) in [6, 6.07) is 8.80. The van der Waals surface area contributed by atoms with Gasteiger partial charge in [-0.05, 0) is 17.5 Å². The lowest BCUT2D eigenvalue weighted by atomic mass is 10.0. The van der Waals surface area contributed by atoms with Crippen LogP contribution in [-0.2, 0) is 10.1 Å². The molecule has 0 aliphatic heterocycles. The normalized spacial score (nSPS) is 11.6. The third-order valence-electron chi connectivity index (χ3n) is 2.43. The highest BCUT2D eigenvalue weighted by molar-refractivity contribution is 7.86. The van der Waals surface area contributed by atoms with Crippen LogP contribution >= 0.6 is 0 Å². The molecule has 0 bridgehead atoms. The molecule has 0 spiro atoms. The summed E-state index contributed by atoms with van der Waals surface area (Å²) in [7, 11) is -4.32. The number of amides is 1. The van der Waals surface area contributed by atoms with Gasteiger partial charge in [0.15, 0.2) is 0 Å². The minimum Gasteiger partial charge on any atom is -0.366 e. The second-order valence-electron chi connectivity index (χ2n) is 3.50. The molecule has 0 fully saturated rings. The summed E-state index contributed by atoms with van der Waals surface area (Å²) in [6.45, 7) is 0. The van der Waals surface area contributed by atoms with Crippen LogP contribution in [0.25, 0.3) is 10.8 Å². The van der Waals surface area contributed by atoms with Gasteiger partial charge in [0.25, 0.3) is 10.1 Å². The van der Waals surface area contributed by atoms with Crippen LogP contribution in [0.4, 0.5) is 0 Å². The van der Waals surface area contributed by atoms with Crippen molar-refractivity contribution in [1.82, 2.24) is 0 Å². The topological polar surface area (TPSA) is 97.5 Å². The summed E-state index contributed by atoms with van der Waals surface area (Å²) in [4.78, 5) is 10.9. The van der Waals surface area contributed by atoms with Crippen molar-refractivity contribution in [2.45, 2.75) is 4.90 Å². The summed E-state index contributed by atoms with van der Waals surface area (Å²) in [5.74, 6) is -0.650.